The molecule has 2 unspecified atom stereocenters. The monoisotopic (exact) mass is 318 g/mol. The van der Waals surface area contributed by atoms with Gasteiger partial charge in [0.2, 0.25) is 10.0 Å². The van der Waals surface area contributed by atoms with Gasteiger partial charge in [-0.25, -0.2) is 13.1 Å². The first-order valence-corrected chi connectivity index (χ1v) is 8.32. The van der Waals surface area contributed by atoms with Crippen LogP contribution in [0.25, 0.3) is 0 Å². The van der Waals surface area contributed by atoms with E-state index in [-0.39, 0.29) is 22.7 Å². The molecule has 5 nitrogen and oxygen atoms in total. The predicted molar refractivity (Wildman–Crippen MR) is 79.4 cm³/mol. The number of methoxy groups -OCH3 is 1. The summed E-state index contributed by atoms with van der Waals surface area (Å²) in [5, 5.41) is 0.389. The SMILES string of the molecule is COC1CCCC1NS(=O)(=O)c1cc(C)c(Cl)c(N)c1. The van der Waals surface area contributed by atoms with Crippen LogP contribution < -0.4 is 10.5 Å². The molecule has 1 aromatic rings. The average molecular weight is 319 g/mol. The van der Waals surface area contributed by atoms with E-state index in [2.05, 4.69) is 4.72 Å². The van der Waals surface area contributed by atoms with Crippen LogP contribution in [-0.4, -0.2) is 27.7 Å². The molecular weight excluding hydrogens is 300 g/mol. The van der Waals surface area contributed by atoms with E-state index in [0.29, 0.717) is 10.6 Å². The van der Waals surface area contributed by atoms with Crippen LogP contribution in [0.15, 0.2) is 17.0 Å². The number of rotatable bonds is 4. The summed E-state index contributed by atoms with van der Waals surface area (Å²) in [6.45, 7) is 1.73. The maximum Gasteiger partial charge on any atom is 0.240 e. The van der Waals surface area contributed by atoms with Gasteiger partial charge in [-0.3, -0.25) is 0 Å². The Kier molecular flexibility index (Phi) is 4.59. The van der Waals surface area contributed by atoms with Gasteiger partial charge in [-0.2, -0.15) is 0 Å². The average Bonchev–Trinajstić information content (AvgIpc) is 2.81. The number of anilines is 1. The van der Waals surface area contributed by atoms with E-state index in [0.717, 1.165) is 19.3 Å². The number of hydrogen-bond acceptors (Lipinski definition) is 4. The van der Waals surface area contributed by atoms with Crippen molar-refractivity contribution in [3.8, 4) is 0 Å². The summed E-state index contributed by atoms with van der Waals surface area (Å²) in [6, 6.07) is 2.72. The van der Waals surface area contributed by atoms with Gasteiger partial charge in [0.05, 0.1) is 21.7 Å². The van der Waals surface area contributed by atoms with Gasteiger partial charge in [-0.15, -0.1) is 0 Å². The van der Waals surface area contributed by atoms with E-state index in [9.17, 15) is 8.42 Å². The normalized spacial score (nSPS) is 23.1. The molecule has 0 heterocycles. The first-order valence-electron chi connectivity index (χ1n) is 6.46. The van der Waals surface area contributed by atoms with E-state index >= 15 is 0 Å². The fourth-order valence-corrected chi connectivity index (χ4v) is 4.06. The highest BCUT2D eigenvalue weighted by Gasteiger charge is 2.31. The summed E-state index contributed by atoms with van der Waals surface area (Å²) in [5.74, 6) is 0. The highest BCUT2D eigenvalue weighted by molar-refractivity contribution is 7.89. The Morgan fingerprint density at radius 3 is 2.70 bits per heavy atom. The topological polar surface area (TPSA) is 81.4 Å². The van der Waals surface area contributed by atoms with Crippen LogP contribution in [0.4, 0.5) is 5.69 Å². The van der Waals surface area contributed by atoms with Gasteiger partial charge >= 0.3 is 0 Å². The number of ether oxygens (including phenoxy) is 1. The van der Waals surface area contributed by atoms with Gasteiger partial charge in [0.15, 0.2) is 0 Å². The van der Waals surface area contributed by atoms with Crippen molar-refractivity contribution in [2.45, 2.75) is 43.2 Å². The van der Waals surface area contributed by atoms with Crippen LogP contribution >= 0.6 is 11.6 Å². The van der Waals surface area contributed by atoms with Crippen molar-refractivity contribution >= 4 is 27.3 Å². The fourth-order valence-electron chi connectivity index (χ4n) is 2.53. The molecule has 0 amide bonds. The van der Waals surface area contributed by atoms with Crippen molar-refractivity contribution in [2.75, 3.05) is 12.8 Å². The van der Waals surface area contributed by atoms with Crippen LogP contribution in [-0.2, 0) is 14.8 Å². The Balaban J connectivity index is 2.27. The molecular formula is C13H19ClN2O3S. The molecule has 0 bridgehead atoms. The van der Waals surface area contributed by atoms with Crippen molar-refractivity contribution in [3.63, 3.8) is 0 Å². The largest absolute Gasteiger partial charge is 0.397 e. The summed E-state index contributed by atoms with van der Waals surface area (Å²) in [7, 11) is -2.02. The minimum absolute atomic E-state index is 0.0736. The molecule has 0 aromatic heterocycles. The predicted octanol–water partition coefficient (Wildman–Crippen LogP) is 2.08. The Morgan fingerprint density at radius 2 is 2.10 bits per heavy atom. The molecule has 3 N–H and O–H groups in total. The third-order valence-corrected chi connectivity index (χ3v) is 5.61. The first kappa shape index (κ1) is 15.6. The number of nitrogens with one attached hydrogen (secondary N) is 1. The number of sulfonamides is 1. The van der Waals surface area contributed by atoms with Crippen molar-refractivity contribution < 1.29 is 13.2 Å². The van der Waals surface area contributed by atoms with E-state index in [1.54, 1.807) is 14.0 Å². The zero-order valence-corrected chi connectivity index (χ0v) is 13.1. The van der Waals surface area contributed by atoms with Crippen LogP contribution in [0.3, 0.4) is 0 Å². The third-order valence-electron chi connectivity index (χ3n) is 3.63. The number of hydrogen-bond donors (Lipinski definition) is 2. The lowest BCUT2D eigenvalue weighted by Crippen LogP contribution is -2.40. The second kappa shape index (κ2) is 5.89. The van der Waals surface area contributed by atoms with Crippen molar-refractivity contribution in [2.24, 2.45) is 0 Å². The molecule has 0 radical (unpaired) electrons. The molecule has 1 fully saturated rings. The second-order valence-electron chi connectivity index (χ2n) is 5.08. The first-order chi connectivity index (χ1) is 9.35. The maximum atomic E-state index is 12.4. The molecule has 1 saturated carbocycles. The summed E-state index contributed by atoms with van der Waals surface area (Å²) in [6.07, 6.45) is 2.52. The zero-order chi connectivity index (χ0) is 14.9. The van der Waals surface area contributed by atoms with Crippen molar-refractivity contribution in [3.05, 3.63) is 22.7 Å². The molecule has 1 aromatic carbocycles. The summed E-state index contributed by atoms with van der Waals surface area (Å²) >= 11 is 5.96. The van der Waals surface area contributed by atoms with E-state index in [1.165, 1.54) is 12.1 Å². The Labute approximate surface area is 124 Å². The van der Waals surface area contributed by atoms with E-state index in [4.69, 9.17) is 22.1 Å². The highest BCUT2D eigenvalue weighted by Crippen LogP contribution is 2.28. The number of benzene rings is 1. The minimum Gasteiger partial charge on any atom is -0.397 e. The zero-order valence-electron chi connectivity index (χ0n) is 11.5. The lowest BCUT2D eigenvalue weighted by molar-refractivity contribution is 0.0916. The van der Waals surface area contributed by atoms with Gasteiger partial charge < -0.3 is 10.5 Å². The molecule has 112 valence electrons. The number of halogens is 1. The molecule has 0 saturated heterocycles. The second-order valence-corrected chi connectivity index (χ2v) is 7.17. The van der Waals surface area contributed by atoms with E-state index < -0.39 is 10.0 Å². The Hall–Kier alpha value is -0.820. The number of nitrogen functional groups attached to an aromatic ring is 1. The van der Waals surface area contributed by atoms with Crippen molar-refractivity contribution in [1.82, 2.24) is 4.72 Å². The molecule has 2 rings (SSSR count). The van der Waals surface area contributed by atoms with Crippen molar-refractivity contribution in [1.29, 1.82) is 0 Å². The number of aryl methyl sites for hydroxylation is 1. The molecule has 2 atom stereocenters. The molecule has 0 spiro atoms. The molecule has 0 aliphatic heterocycles. The smallest absolute Gasteiger partial charge is 0.240 e. The van der Waals surface area contributed by atoms with Crippen LogP contribution in [0.5, 0.6) is 0 Å². The molecule has 7 heteroatoms. The molecule has 1 aliphatic rings. The van der Waals surface area contributed by atoms with Crippen LogP contribution in [0, 0.1) is 6.92 Å². The minimum atomic E-state index is -3.62. The summed E-state index contributed by atoms with van der Waals surface area (Å²) in [5.41, 5.74) is 6.64. The lowest BCUT2D eigenvalue weighted by atomic mass is 10.2. The van der Waals surface area contributed by atoms with Gasteiger partial charge in [0.1, 0.15) is 0 Å². The standard InChI is InChI=1S/C13H19ClN2O3S/c1-8-6-9(7-10(15)13(8)14)20(17,18)16-11-4-3-5-12(11)19-2/h6-7,11-12,16H,3-5,15H2,1-2H3. The van der Waals surface area contributed by atoms with Gasteiger partial charge in [-0.05, 0) is 43.9 Å². The lowest BCUT2D eigenvalue weighted by Gasteiger charge is -2.20. The van der Waals surface area contributed by atoms with E-state index in [1.807, 2.05) is 0 Å². The maximum absolute atomic E-state index is 12.4. The highest BCUT2D eigenvalue weighted by atomic mass is 35.5. The molecule has 20 heavy (non-hydrogen) atoms. The van der Waals surface area contributed by atoms with Gasteiger partial charge in [0.25, 0.3) is 0 Å². The fraction of sp³-hybridized carbons (Fsp3) is 0.538. The quantitative estimate of drug-likeness (QED) is 0.833. The van der Waals surface area contributed by atoms with Gasteiger partial charge in [0, 0.05) is 13.2 Å². The Morgan fingerprint density at radius 1 is 1.40 bits per heavy atom. The summed E-state index contributed by atoms with van der Waals surface area (Å²) < 4.78 is 32.8. The molecule has 1 aliphatic carbocycles. The Bertz CT molecular complexity index is 581. The summed E-state index contributed by atoms with van der Waals surface area (Å²) in [4.78, 5) is 0.138. The number of nitrogens with two attached hydrogens (primary N) is 1. The van der Waals surface area contributed by atoms with Gasteiger partial charge in [-0.1, -0.05) is 11.6 Å². The van der Waals surface area contributed by atoms with Crippen LogP contribution in [0.2, 0.25) is 5.02 Å². The third kappa shape index (κ3) is 3.09. The van der Waals surface area contributed by atoms with Crippen LogP contribution in [0.1, 0.15) is 24.8 Å².